The highest BCUT2D eigenvalue weighted by Crippen LogP contribution is 2.31. The summed E-state index contributed by atoms with van der Waals surface area (Å²) < 4.78 is 14.8. The minimum Gasteiger partial charge on any atom is -0.351 e. The maximum absolute atomic E-state index is 14.8. The quantitative estimate of drug-likeness (QED) is 0.498. The van der Waals surface area contributed by atoms with Crippen molar-refractivity contribution in [1.29, 1.82) is 0 Å². The average molecular weight is 471 g/mol. The van der Waals surface area contributed by atoms with Gasteiger partial charge in [0.05, 0.1) is 33.1 Å². The Morgan fingerprint density at radius 3 is 2.59 bits per heavy atom. The Morgan fingerprint density at radius 1 is 1.12 bits per heavy atom. The topological polar surface area (TPSA) is 84.0 Å². The fourth-order valence-electron chi connectivity index (χ4n) is 2.87. The van der Waals surface area contributed by atoms with Crippen molar-refractivity contribution in [2.75, 3.05) is 11.9 Å². The zero-order chi connectivity index (χ0) is 23.3. The van der Waals surface area contributed by atoms with Gasteiger partial charge in [-0.3, -0.25) is 14.6 Å². The molecule has 0 saturated heterocycles. The summed E-state index contributed by atoms with van der Waals surface area (Å²) in [6, 6.07) is 5.29. The number of nitrogens with zero attached hydrogens (tertiary/aromatic N) is 2. The molecule has 0 atom stereocenters. The number of carbonyl (C=O) groups excluding carboxylic acids is 2. The highest BCUT2D eigenvalue weighted by atomic mass is 35.5. The van der Waals surface area contributed by atoms with E-state index in [2.05, 4.69) is 26.5 Å². The Kier molecular flexibility index (Phi) is 7.41. The minimum absolute atomic E-state index is 0.0216. The van der Waals surface area contributed by atoms with E-state index in [1.54, 1.807) is 6.07 Å². The van der Waals surface area contributed by atoms with E-state index < -0.39 is 17.6 Å². The molecule has 0 spiro atoms. The van der Waals surface area contributed by atoms with Crippen LogP contribution in [0, 0.1) is 18.2 Å². The van der Waals surface area contributed by atoms with Crippen LogP contribution in [0.1, 0.15) is 39.8 Å². The summed E-state index contributed by atoms with van der Waals surface area (Å²) in [6.45, 7) is 2.40. The molecule has 3 aromatic rings. The van der Waals surface area contributed by atoms with E-state index in [1.807, 2.05) is 6.92 Å². The largest absolute Gasteiger partial charge is 0.351 e. The number of amides is 2. The van der Waals surface area contributed by atoms with E-state index in [9.17, 15) is 14.0 Å². The second-order valence-electron chi connectivity index (χ2n) is 6.64. The Labute approximate surface area is 194 Å². The molecule has 2 heterocycles. The second kappa shape index (κ2) is 10.2. The van der Waals surface area contributed by atoms with E-state index in [0.29, 0.717) is 17.7 Å². The summed E-state index contributed by atoms with van der Waals surface area (Å²) in [5.74, 6) is 0.670. The molecular formula is C23H17Cl2FN4O2. The molecule has 32 heavy (non-hydrogen) atoms. The van der Waals surface area contributed by atoms with Crippen LogP contribution in [0.25, 0.3) is 11.1 Å². The van der Waals surface area contributed by atoms with Crippen LogP contribution in [-0.2, 0) is 0 Å². The number of terminal acetylenes is 1. The van der Waals surface area contributed by atoms with Crippen LogP contribution < -0.4 is 10.6 Å². The molecule has 0 saturated carbocycles. The summed E-state index contributed by atoms with van der Waals surface area (Å²) in [7, 11) is 0. The molecule has 2 N–H and O–H groups in total. The van der Waals surface area contributed by atoms with Crippen LogP contribution >= 0.6 is 23.2 Å². The van der Waals surface area contributed by atoms with Gasteiger partial charge in [0.15, 0.2) is 0 Å². The van der Waals surface area contributed by atoms with Crippen LogP contribution in [0.15, 0.2) is 42.9 Å². The fourth-order valence-corrected chi connectivity index (χ4v) is 3.37. The van der Waals surface area contributed by atoms with Crippen molar-refractivity contribution in [3.05, 3.63) is 75.5 Å². The molecule has 0 fully saturated rings. The lowest BCUT2D eigenvalue weighted by Gasteiger charge is -2.12. The molecule has 0 aliphatic carbocycles. The van der Waals surface area contributed by atoms with Gasteiger partial charge < -0.3 is 10.6 Å². The Morgan fingerprint density at radius 2 is 1.91 bits per heavy atom. The molecule has 6 nitrogen and oxygen atoms in total. The first-order valence-electron chi connectivity index (χ1n) is 9.50. The zero-order valence-corrected chi connectivity index (χ0v) is 18.4. The van der Waals surface area contributed by atoms with E-state index in [1.165, 1.54) is 30.7 Å². The van der Waals surface area contributed by atoms with Crippen LogP contribution in [-0.4, -0.2) is 28.3 Å². The number of rotatable bonds is 6. The van der Waals surface area contributed by atoms with Crippen molar-refractivity contribution in [3.8, 4) is 23.5 Å². The van der Waals surface area contributed by atoms with Crippen LogP contribution in [0.4, 0.5) is 10.1 Å². The van der Waals surface area contributed by atoms with Crippen molar-refractivity contribution in [1.82, 2.24) is 15.3 Å². The van der Waals surface area contributed by atoms with Crippen molar-refractivity contribution >= 4 is 40.7 Å². The van der Waals surface area contributed by atoms with Gasteiger partial charge in [-0.05, 0) is 30.7 Å². The van der Waals surface area contributed by atoms with Crippen molar-refractivity contribution < 1.29 is 14.0 Å². The number of anilines is 1. The standard InChI is InChI=1S/C23H17Cl2FN4O2/c1-3-6-28-23(32)21-19(25)8-14(12-29-21)30-22(31)17-10-20(26)16(9-18(17)24)15-5-7-27-11-13(15)4-2/h2,5,7-12H,3,6H2,1H3,(H,28,32)(H,30,31). The number of nitrogens with one attached hydrogen (secondary N) is 2. The molecule has 2 aromatic heterocycles. The summed E-state index contributed by atoms with van der Waals surface area (Å²) in [5, 5.41) is 5.30. The van der Waals surface area contributed by atoms with Gasteiger partial charge in [-0.25, -0.2) is 9.37 Å². The summed E-state index contributed by atoms with van der Waals surface area (Å²) >= 11 is 12.4. The van der Waals surface area contributed by atoms with E-state index >= 15 is 0 Å². The van der Waals surface area contributed by atoms with Gasteiger partial charge in [0, 0.05) is 30.1 Å². The van der Waals surface area contributed by atoms with E-state index in [-0.39, 0.29) is 32.6 Å². The SMILES string of the molecule is C#Cc1cnccc1-c1cc(Cl)c(C(=O)Nc2cnc(C(=O)NCCC)c(Cl)c2)cc1F. The van der Waals surface area contributed by atoms with Gasteiger partial charge in [-0.15, -0.1) is 6.42 Å². The molecule has 9 heteroatoms. The second-order valence-corrected chi connectivity index (χ2v) is 7.46. The molecular weight excluding hydrogens is 454 g/mol. The van der Waals surface area contributed by atoms with Crippen LogP contribution in [0.5, 0.6) is 0 Å². The highest BCUT2D eigenvalue weighted by Gasteiger charge is 2.19. The van der Waals surface area contributed by atoms with Gasteiger partial charge in [0.2, 0.25) is 0 Å². The normalized spacial score (nSPS) is 10.3. The lowest BCUT2D eigenvalue weighted by molar-refractivity contribution is 0.0948. The molecule has 0 bridgehead atoms. The number of benzene rings is 1. The van der Waals surface area contributed by atoms with Crippen molar-refractivity contribution in [3.63, 3.8) is 0 Å². The highest BCUT2D eigenvalue weighted by molar-refractivity contribution is 6.35. The van der Waals surface area contributed by atoms with Gasteiger partial charge in [-0.1, -0.05) is 36.0 Å². The van der Waals surface area contributed by atoms with Crippen LogP contribution in [0.3, 0.4) is 0 Å². The average Bonchev–Trinajstić information content (AvgIpc) is 2.78. The molecule has 3 rings (SSSR count). The predicted octanol–water partition coefficient (Wildman–Crippen LogP) is 4.96. The molecule has 162 valence electrons. The number of carbonyl (C=O) groups is 2. The maximum Gasteiger partial charge on any atom is 0.271 e. The van der Waals surface area contributed by atoms with E-state index in [4.69, 9.17) is 29.6 Å². The minimum atomic E-state index is -0.679. The number of hydrogen-bond acceptors (Lipinski definition) is 4. The number of hydrogen-bond donors (Lipinski definition) is 2. The maximum atomic E-state index is 14.8. The zero-order valence-electron chi connectivity index (χ0n) is 16.9. The third-order valence-electron chi connectivity index (χ3n) is 4.42. The first-order valence-corrected chi connectivity index (χ1v) is 10.3. The molecule has 0 radical (unpaired) electrons. The lowest BCUT2D eigenvalue weighted by atomic mass is 10.00. The summed E-state index contributed by atoms with van der Waals surface area (Å²) in [5.41, 5.74) is 1.13. The van der Waals surface area contributed by atoms with Gasteiger partial charge in [0.1, 0.15) is 11.5 Å². The Hall–Kier alpha value is -3.47. The third-order valence-corrected chi connectivity index (χ3v) is 5.02. The van der Waals surface area contributed by atoms with Gasteiger partial charge in [-0.2, -0.15) is 0 Å². The monoisotopic (exact) mass is 470 g/mol. The Balaban J connectivity index is 1.84. The molecule has 0 aliphatic rings. The first kappa shape index (κ1) is 23.2. The number of aromatic nitrogens is 2. The van der Waals surface area contributed by atoms with Crippen molar-refractivity contribution in [2.24, 2.45) is 0 Å². The van der Waals surface area contributed by atoms with Crippen LogP contribution in [0.2, 0.25) is 10.0 Å². The van der Waals surface area contributed by atoms with E-state index in [0.717, 1.165) is 12.5 Å². The lowest BCUT2D eigenvalue weighted by Crippen LogP contribution is -2.25. The molecule has 0 aliphatic heterocycles. The molecule has 2 amide bonds. The smallest absolute Gasteiger partial charge is 0.271 e. The van der Waals surface area contributed by atoms with Gasteiger partial charge >= 0.3 is 0 Å². The Bertz CT molecular complexity index is 1240. The third kappa shape index (κ3) is 5.05. The molecule has 0 unspecified atom stereocenters. The molecule has 1 aromatic carbocycles. The van der Waals surface area contributed by atoms with Gasteiger partial charge in [0.25, 0.3) is 11.8 Å². The fraction of sp³-hybridized carbons (Fsp3) is 0.130. The number of pyridine rings is 2. The van der Waals surface area contributed by atoms with Crippen molar-refractivity contribution in [2.45, 2.75) is 13.3 Å². The number of halogens is 3. The first-order chi connectivity index (χ1) is 15.3. The predicted molar refractivity (Wildman–Crippen MR) is 122 cm³/mol. The summed E-state index contributed by atoms with van der Waals surface area (Å²) in [6.07, 6.45) is 10.4. The summed E-state index contributed by atoms with van der Waals surface area (Å²) in [4.78, 5) is 32.6.